The van der Waals surface area contributed by atoms with Crippen molar-refractivity contribution < 1.29 is 14.3 Å². The molecule has 1 fully saturated rings. The molecule has 0 amide bonds. The average Bonchev–Trinajstić information content (AvgIpc) is 2.72. The zero-order chi connectivity index (χ0) is 11.1. The number of carbonyl (C=O) groups is 1. The average molecular weight is 232 g/mol. The van der Waals surface area contributed by atoms with Gasteiger partial charge in [0.05, 0.1) is 12.7 Å². The SMILES string of the molecule is CCOC(=O)C(CC)SCC1CCCO1. The van der Waals surface area contributed by atoms with Gasteiger partial charge in [0.15, 0.2) is 0 Å². The highest BCUT2D eigenvalue weighted by molar-refractivity contribution is 8.00. The normalized spacial score (nSPS) is 22.7. The lowest BCUT2D eigenvalue weighted by molar-refractivity contribution is -0.142. The minimum atomic E-state index is -0.0806. The molecule has 88 valence electrons. The molecule has 1 saturated heterocycles. The lowest BCUT2D eigenvalue weighted by atomic mass is 10.3. The van der Waals surface area contributed by atoms with Crippen molar-refractivity contribution in [3.05, 3.63) is 0 Å². The number of ether oxygens (including phenoxy) is 2. The monoisotopic (exact) mass is 232 g/mol. The summed E-state index contributed by atoms with van der Waals surface area (Å²) in [6.07, 6.45) is 3.46. The van der Waals surface area contributed by atoms with Crippen molar-refractivity contribution in [3.8, 4) is 0 Å². The van der Waals surface area contributed by atoms with Crippen LogP contribution in [0.2, 0.25) is 0 Å². The summed E-state index contributed by atoms with van der Waals surface area (Å²) in [6, 6.07) is 0. The molecule has 0 spiro atoms. The molecule has 0 bridgehead atoms. The van der Waals surface area contributed by atoms with Gasteiger partial charge < -0.3 is 9.47 Å². The first-order valence-electron chi connectivity index (χ1n) is 5.67. The van der Waals surface area contributed by atoms with E-state index in [0.29, 0.717) is 12.7 Å². The van der Waals surface area contributed by atoms with Crippen LogP contribution in [0.15, 0.2) is 0 Å². The van der Waals surface area contributed by atoms with Crippen LogP contribution in [0.1, 0.15) is 33.1 Å². The number of thioether (sulfide) groups is 1. The first-order valence-corrected chi connectivity index (χ1v) is 6.72. The van der Waals surface area contributed by atoms with Gasteiger partial charge in [0.2, 0.25) is 0 Å². The van der Waals surface area contributed by atoms with Crippen LogP contribution in [0.3, 0.4) is 0 Å². The van der Waals surface area contributed by atoms with Gasteiger partial charge in [-0.3, -0.25) is 4.79 Å². The van der Waals surface area contributed by atoms with Gasteiger partial charge in [-0.15, -0.1) is 11.8 Å². The van der Waals surface area contributed by atoms with Crippen LogP contribution >= 0.6 is 11.8 Å². The van der Waals surface area contributed by atoms with Crippen molar-refractivity contribution >= 4 is 17.7 Å². The molecular weight excluding hydrogens is 212 g/mol. The molecule has 0 aromatic carbocycles. The summed E-state index contributed by atoms with van der Waals surface area (Å²) in [5.41, 5.74) is 0. The second-order valence-corrected chi connectivity index (χ2v) is 4.85. The van der Waals surface area contributed by atoms with Gasteiger partial charge in [-0.2, -0.15) is 0 Å². The van der Waals surface area contributed by atoms with Crippen LogP contribution in [-0.4, -0.2) is 36.3 Å². The minimum Gasteiger partial charge on any atom is -0.465 e. The summed E-state index contributed by atoms with van der Waals surface area (Å²) in [5.74, 6) is 0.833. The molecule has 4 heteroatoms. The lowest BCUT2D eigenvalue weighted by Gasteiger charge is -2.15. The molecule has 2 atom stereocenters. The van der Waals surface area contributed by atoms with E-state index in [1.807, 2.05) is 13.8 Å². The van der Waals surface area contributed by atoms with Crippen molar-refractivity contribution in [1.29, 1.82) is 0 Å². The maximum atomic E-state index is 11.5. The highest BCUT2D eigenvalue weighted by Gasteiger charge is 2.22. The Morgan fingerprint density at radius 2 is 2.40 bits per heavy atom. The molecule has 2 unspecified atom stereocenters. The zero-order valence-electron chi connectivity index (χ0n) is 9.53. The maximum absolute atomic E-state index is 11.5. The predicted molar refractivity (Wildman–Crippen MR) is 62.1 cm³/mol. The Labute approximate surface area is 95.9 Å². The maximum Gasteiger partial charge on any atom is 0.319 e. The van der Waals surface area contributed by atoms with E-state index in [-0.39, 0.29) is 11.2 Å². The van der Waals surface area contributed by atoms with E-state index in [9.17, 15) is 4.79 Å². The van der Waals surface area contributed by atoms with Crippen molar-refractivity contribution in [2.45, 2.75) is 44.5 Å². The van der Waals surface area contributed by atoms with Gasteiger partial charge in [0, 0.05) is 12.4 Å². The number of carbonyl (C=O) groups excluding carboxylic acids is 1. The Morgan fingerprint density at radius 3 is 2.93 bits per heavy atom. The number of esters is 1. The molecule has 1 aliphatic rings. The van der Waals surface area contributed by atoms with Crippen molar-refractivity contribution in [1.82, 2.24) is 0 Å². The summed E-state index contributed by atoms with van der Waals surface area (Å²) in [5, 5.41) is -0.0193. The van der Waals surface area contributed by atoms with Crippen LogP contribution in [0.4, 0.5) is 0 Å². The third-order valence-corrected chi connectivity index (χ3v) is 3.92. The molecule has 15 heavy (non-hydrogen) atoms. The lowest BCUT2D eigenvalue weighted by Crippen LogP contribution is -2.22. The summed E-state index contributed by atoms with van der Waals surface area (Å²) in [6.45, 7) is 5.21. The van der Waals surface area contributed by atoms with Gasteiger partial charge in [0.25, 0.3) is 0 Å². The van der Waals surface area contributed by atoms with Gasteiger partial charge in [-0.05, 0) is 26.2 Å². The highest BCUT2D eigenvalue weighted by atomic mass is 32.2. The molecule has 0 aromatic heterocycles. The van der Waals surface area contributed by atoms with Crippen LogP contribution < -0.4 is 0 Å². The van der Waals surface area contributed by atoms with Crippen molar-refractivity contribution in [3.63, 3.8) is 0 Å². The number of rotatable bonds is 6. The molecule has 0 aromatic rings. The van der Waals surface area contributed by atoms with Crippen LogP contribution in [0.25, 0.3) is 0 Å². The molecule has 1 aliphatic heterocycles. The van der Waals surface area contributed by atoms with Crippen molar-refractivity contribution in [2.75, 3.05) is 19.0 Å². The summed E-state index contributed by atoms with van der Waals surface area (Å²) in [7, 11) is 0. The van der Waals surface area contributed by atoms with Gasteiger partial charge in [0.1, 0.15) is 5.25 Å². The van der Waals surface area contributed by atoms with E-state index in [1.165, 1.54) is 0 Å². The fourth-order valence-electron chi connectivity index (χ4n) is 1.59. The Kier molecular flexibility index (Phi) is 6.10. The molecule has 1 rings (SSSR count). The fourth-order valence-corrected chi connectivity index (χ4v) is 2.74. The third kappa shape index (κ3) is 4.43. The minimum absolute atomic E-state index is 0.0193. The standard InChI is InChI=1S/C11H20O3S/c1-3-10(11(12)13-4-2)15-8-9-6-5-7-14-9/h9-10H,3-8H2,1-2H3. The Morgan fingerprint density at radius 1 is 1.60 bits per heavy atom. The molecule has 0 aliphatic carbocycles. The summed E-state index contributed by atoms with van der Waals surface area (Å²) in [4.78, 5) is 11.5. The second-order valence-electron chi connectivity index (χ2n) is 3.62. The summed E-state index contributed by atoms with van der Waals surface area (Å²) < 4.78 is 10.5. The fraction of sp³-hybridized carbons (Fsp3) is 0.909. The van der Waals surface area contributed by atoms with Crippen LogP contribution in [-0.2, 0) is 14.3 Å². The zero-order valence-corrected chi connectivity index (χ0v) is 10.3. The molecular formula is C11H20O3S. The largest absolute Gasteiger partial charge is 0.465 e. The molecule has 1 heterocycles. The van der Waals surface area contributed by atoms with Crippen LogP contribution in [0, 0.1) is 0 Å². The molecule has 0 saturated carbocycles. The number of hydrogen-bond donors (Lipinski definition) is 0. The smallest absolute Gasteiger partial charge is 0.319 e. The Bertz CT molecular complexity index is 190. The van der Waals surface area contributed by atoms with Crippen LogP contribution in [0.5, 0.6) is 0 Å². The molecule has 0 radical (unpaired) electrons. The number of hydrogen-bond acceptors (Lipinski definition) is 4. The van der Waals surface area contributed by atoms with Gasteiger partial charge in [-0.25, -0.2) is 0 Å². The third-order valence-electron chi connectivity index (χ3n) is 2.43. The quantitative estimate of drug-likeness (QED) is 0.658. The Balaban J connectivity index is 2.23. The first-order chi connectivity index (χ1) is 7.27. The van der Waals surface area contributed by atoms with Gasteiger partial charge in [-0.1, -0.05) is 6.92 Å². The molecule has 3 nitrogen and oxygen atoms in total. The second kappa shape index (κ2) is 7.12. The van der Waals surface area contributed by atoms with Crippen molar-refractivity contribution in [2.24, 2.45) is 0 Å². The Hall–Kier alpha value is -0.220. The van der Waals surface area contributed by atoms with E-state index >= 15 is 0 Å². The van der Waals surface area contributed by atoms with E-state index in [2.05, 4.69) is 0 Å². The van der Waals surface area contributed by atoms with E-state index < -0.39 is 0 Å². The molecule has 0 N–H and O–H groups in total. The van der Waals surface area contributed by atoms with E-state index in [0.717, 1.165) is 31.6 Å². The van der Waals surface area contributed by atoms with Gasteiger partial charge >= 0.3 is 5.97 Å². The topological polar surface area (TPSA) is 35.5 Å². The first kappa shape index (κ1) is 12.8. The predicted octanol–water partition coefficient (Wildman–Crippen LogP) is 2.24. The van der Waals surface area contributed by atoms with E-state index in [1.54, 1.807) is 11.8 Å². The summed E-state index contributed by atoms with van der Waals surface area (Å²) >= 11 is 1.67. The highest BCUT2D eigenvalue weighted by Crippen LogP contribution is 2.22. The van der Waals surface area contributed by atoms with E-state index in [4.69, 9.17) is 9.47 Å².